The third-order valence-corrected chi connectivity index (χ3v) is 6.01. The van der Waals surface area contributed by atoms with Gasteiger partial charge in [0.15, 0.2) is 11.5 Å². The normalized spacial score (nSPS) is 28.1. The maximum atomic E-state index is 11.4. The number of hydrogen-bond donors (Lipinski definition) is 1. The van der Waals surface area contributed by atoms with E-state index in [2.05, 4.69) is 16.0 Å². The number of pyridine rings is 1. The number of rotatable bonds is 5. The van der Waals surface area contributed by atoms with E-state index in [0.29, 0.717) is 5.92 Å². The van der Waals surface area contributed by atoms with Gasteiger partial charge in [0.2, 0.25) is 0 Å². The summed E-state index contributed by atoms with van der Waals surface area (Å²) in [6, 6.07) is 11.8. The minimum absolute atomic E-state index is 0.231. The fourth-order valence-electron chi connectivity index (χ4n) is 4.77. The van der Waals surface area contributed by atoms with Gasteiger partial charge in [-0.05, 0) is 37.0 Å². The van der Waals surface area contributed by atoms with Crippen molar-refractivity contribution in [2.45, 2.75) is 25.0 Å². The average Bonchev–Trinajstić information content (AvgIpc) is 3.22. The highest BCUT2D eigenvalue weighted by Crippen LogP contribution is 2.50. The van der Waals surface area contributed by atoms with Crippen molar-refractivity contribution < 1.29 is 14.6 Å². The summed E-state index contributed by atoms with van der Waals surface area (Å²) in [5.74, 6) is 2.30. The van der Waals surface area contributed by atoms with Crippen molar-refractivity contribution in [1.29, 1.82) is 0 Å². The van der Waals surface area contributed by atoms with E-state index in [1.165, 1.54) is 0 Å². The van der Waals surface area contributed by atoms with Crippen LogP contribution < -0.4 is 9.47 Å². The Bertz CT molecular complexity index is 767. The second-order valence-corrected chi connectivity index (χ2v) is 7.39. The lowest BCUT2D eigenvalue weighted by atomic mass is 9.85. The minimum atomic E-state index is -0.806. The largest absolute Gasteiger partial charge is 0.493 e. The number of ether oxygens (including phenoxy) is 2. The summed E-state index contributed by atoms with van der Waals surface area (Å²) >= 11 is 0. The summed E-state index contributed by atoms with van der Waals surface area (Å²) < 4.78 is 11.0. The summed E-state index contributed by atoms with van der Waals surface area (Å²) in [6.45, 7) is 2.67. The third kappa shape index (κ3) is 2.85. The smallest absolute Gasteiger partial charge is 0.165 e. The Morgan fingerprint density at radius 3 is 2.77 bits per heavy atom. The van der Waals surface area contributed by atoms with Gasteiger partial charge >= 0.3 is 0 Å². The Morgan fingerprint density at radius 1 is 1.15 bits per heavy atom. The summed E-state index contributed by atoms with van der Waals surface area (Å²) in [6.07, 6.45) is 3.62. The first-order valence-electron chi connectivity index (χ1n) is 9.22. The minimum Gasteiger partial charge on any atom is -0.493 e. The summed E-state index contributed by atoms with van der Waals surface area (Å²) in [4.78, 5) is 6.86. The van der Waals surface area contributed by atoms with E-state index in [4.69, 9.17) is 9.47 Å². The molecule has 2 fully saturated rings. The Balaban J connectivity index is 1.53. The molecule has 3 atom stereocenters. The van der Waals surface area contributed by atoms with Crippen LogP contribution in [0.2, 0.25) is 0 Å². The fourth-order valence-corrected chi connectivity index (χ4v) is 4.77. The van der Waals surface area contributed by atoms with E-state index in [1.807, 2.05) is 30.3 Å². The van der Waals surface area contributed by atoms with E-state index < -0.39 is 5.60 Å². The van der Waals surface area contributed by atoms with Crippen molar-refractivity contribution in [3.05, 3.63) is 53.9 Å². The monoisotopic (exact) mass is 354 g/mol. The number of fused-ring (bicyclic) bond motifs is 1. The predicted molar refractivity (Wildman–Crippen MR) is 99.2 cm³/mol. The Morgan fingerprint density at radius 2 is 2.04 bits per heavy atom. The van der Waals surface area contributed by atoms with Crippen molar-refractivity contribution in [3.63, 3.8) is 0 Å². The summed E-state index contributed by atoms with van der Waals surface area (Å²) in [5.41, 5.74) is 1.13. The van der Waals surface area contributed by atoms with Crippen molar-refractivity contribution >= 4 is 0 Å². The molecule has 0 bridgehead atoms. The van der Waals surface area contributed by atoms with Crippen LogP contribution in [0.4, 0.5) is 0 Å². The first kappa shape index (κ1) is 17.3. The van der Waals surface area contributed by atoms with Gasteiger partial charge in [0.25, 0.3) is 0 Å². The second kappa shape index (κ2) is 6.89. The maximum Gasteiger partial charge on any atom is 0.165 e. The molecule has 1 aliphatic heterocycles. The molecule has 1 saturated carbocycles. The molecule has 138 valence electrons. The molecule has 1 aromatic carbocycles. The van der Waals surface area contributed by atoms with E-state index in [-0.39, 0.29) is 5.92 Å². The molecule has 0 amide bonds. The molecule has 1 saturated heterocycles. The van der Waals surface area contributed by atoms with Crippen LogP contribution in [0.1, 0.15) is 24.1 Å². The molecular formula is C21H26N2O3. The lowest BCUT2D eigenvalue weighted by molar-refractivity contribution is -0.0108. The quantitative estimate of drug-likeness (QED) is 0.895. The van der Waals surface area contributed by atoms with Gasteiger partial charge < -0.3 is 14.6 Å². The van der Waals surface area contributed by atoms with Crippen LogP contribution in [-0.2, 0) is 12.1 Å². The third-order valence-electron chi connectivity index (χ3n) is 6.01. The molecule has 0 radical (unpaired) electrons. The van der Waals surface area contributed by atoms with Crippen LogP contribution >= 0.6 is 0 Å². The van der Waals surface area contributed by atoms with Crippen LogP contribution in [0.3, 0.4) is 0 Å². The lowest BCUT2D eigenvalue weighted by Gasteiger charge is -2.29. The van der Waals surface area contributed by atoms with Gasteiger partial charge in [-0.3, -0.25) is 9.88 Å². The zero-order chi connectivity index (χ0) is 18.1. The highest BCUT2D eigenvalue weighted by molar-refractivity contribution is 5.46. The molecule has 2 aromatic rings. The molecule has 2 heterocycles. The van der Waals surface area contributed by atoms with Gasteiger partial charge in [-0.15, -0.1) is 0 Å². The molecule has 4 rings (SSSR count). The van der Waals surface area contributed by atoms with Gasteiger partial charge in [-0.1, -0.05) is 18.2 Å². The van der Waals surface area contributed by atoms with Gasteiger partial charge in [-0.2, -0.15) is 0 Å². The number of likely N-dealkylation sites (tertiary alicyclic amines) is 1. The number of aromatic nitrogens is 1. The molecule has 26 heavy (non-hydrogen) atoms. The average molecular weight is 354 g/mol. The zero-order valence-electron chi connectivity index (χ0n) is 15.4. The number of para-hydroxylation sites is 1. The van der Waals surface area contributed by atoms with Crippen molar-refractivity contribution in [3.8, 4) is 11.5 Å². The first-order chi connectivity index (χ1) is 12.7. The van der Waals surface area contributed by atoms with Crippen LogP contribution in [0, 0.1) is 11.8 Å². The molecule has 0 spiro atoms. The Labute approximate surface area is 154 Å². The first-order valence-corrected chi connectivity index (χ1v) is 9.22. The number of benzene rings is 1. The Hall–Kier alpha value is -2.11. The van der Waals surface area contributed by atoms with Crippen LogP contribution in [-0.4, -0.2) is 42.3 Å². The maximum absolute atomic E-state index is 11.4. The number of methoxy groups -OCH3 is 2. The van der Waals surface area contributed by atoms with E-state index in [0.717, 1.165) is 55.2 Å². The van der Waals surface area contributed by atoms with Gasteiger partial charge in [0, 0.05) is 37.3 Å². The van der Waals surface area contributed by atoms with Crippen LogP contribution in [0.15, 0.2) is 42.6 Å². The molecular weight excluding hydrogens is 328 g/mol. The Kier molecular flexibility index (Phi) is 4.59. The van der Waals surface area contributed by atoms with Gasteiger partial charge in [-0.25, -0.2) is 0 Å². The summed E-state index contributed by atoms with van der Waals surface area (Å²) in [5, 5.41) is 11.4. The molecule has 1 aliphatic carbocycles. The molecule has 2 aliphatic rings. The van der Waals surface area contributed by atoms with Crippen LogP contribution in [0.5, 0.6) is 11.5 Å². The van der Waals surface area contributed by atoms with Crippen molar-refractivity contribution in [2.24, 2.45) is 11.8 Å². The van der Waals surface area contributed by atoms with Gasteiger partial charge in [0.1, 0.15) is 5.60 Å². The number of hydrogen-bond acceptors (Lipinski definition) is 5. The molecule has 1 N–H and O–H groups in total. The topological polar surface area (TPSA) is 54.8 Å². The van der Waals surface area contributed by atoms with E-state index >= 15 is 0 Å². The SMILES string of the molecule is COc1cccc(CN2C[C@@H]3CC[C@@](O)(c4ccccn4)[C@@H]3C2)c1OC. The zero-order valence-corrected chi connectivity index (χ0v) is 15.4. The standard InChI is InChI=1S/C21H26N2O3/c1-25-18-7-5-6-16(20(18)26-2)13-23-12-15-9-10-21(24,17(15)14-23)19-8-3-4-11-22-19/h3-8,11,15,17,24H,9-10,12-14H2,1-2H3/t15-,17+,21-/m0/s1. The second-order valence-electron chi connectivity index (χ2n) is 7.39. The molecule has 0 unspecified atom stereocenters. The van der Waals surface area contributed by atoms with E-state index in [9.17, 15) is 5.11 Å². The summed E-state index contributed by atoms with van der Waals surface area (Å²) in [7, 11) is 3.34. The highest BCUT2D eigenvalue weighted by atomic mass is 16.5. The predicted octanol–water partition coefficient (Wildman–Crippen LogP) is 2.83. The van der Waals surface area contributed by atoms with Crippen molar-refractivity contribution in [1.82, 2.24) is 9.88 Å². The lowest BCUT2D eigenvalue weighted by Crippen LogP contribution is -2.35. The fraction of sp³-hybridized carbons (Fsp3) is 0.476. The van der Waals surface area contributed by atoms with Crippen molar-refractivity contribution in [2.75, 3.05) is 27.3 Å². The number of nitrogens with zero attached hydrogens (tertiary/aromatic N) is 2. The molecule has 5 heteroatoms. The highest BCUT2D eigenvalue weighted by Gasteiger charge is 2.53. The van der Waals surface area contributed by atoms with Gasteiger partial charge in [0.05, 0.1) is 19.9 Å². The molecule has 1 aromatic heterocycles. The molecule has 5 nitrogen and oxygen atoms in total. The van der Waals surface area contributed by atoms with E-state index in [1.54, 1.807) is 20.4 Å². The number of aliphatic hydroxyl groups is 1. The van der Waals surface area contributed by atoms with Crippen LogP contribution in [0.25, 0.3) is 0 Å².